The Hall–Kier alpha value is -0.280. The minimum Gasteiger partial charge on any atom is -0.351 e. The van der Waals surface area contributed by atoms with E-state index in [1.54, 1.807) is 0 Å². The van der Waals surface area contributed by atoms with E-state index in [1.807, 2.05) is 0 Å². The van der Waals surface area contributed by atoms with Gasteiger partial charge in [-0.2, -0.15) is 0 Å². The Morgan fingerprint density at radius 1 is 1.64 bits per heavy atom. The SMILES string of the molecule is CC(C)[C@@H]1NC(=O)C[C@H]1N.Cl. The fourth-order valence-electron chi connectivity index (χ4n) is 1.35. The number of hydrogen-bond donors (Lipinski definition) is 2. The van der Waals surface area contributed by atoms with Gasteiger partial charge in [0.05, 0.1) is 0 Å². The van der Waals surface area contributed by atoms with Crippen LogP contribution in [-0.2, 0) is 4.79 Å². The number of carbonyl (C=O) groups excluding carboxylic acids is 1. The van der Waals surface area contributed by atoms with Crippen LogP contribution in [0.25, 0.3) is 0 Å². The zero-order valence-electron chi connectivity index (χ0n) is 6.83. The maximum atomic E-state index is 10.8. The van der Waals surface area contributed by atoms with Crippen molar-refractivity contribution in [2.75, 3.05) is 0 Å². The number of carbonyl (C=O) groups is 1. The van der Waals surface area contributed by atoms with E-state index in [0.717, 1.165) is 0 Å². The van der Waals surface area contributed by atoms with Crippen molar-refractivity contribution < 1.29 is 4.79 Å². The van der Waals surface area contributed by atoms with Crippen LogP contribution in [-0.4, -0.2) is 18.0 Å². The van der Waals surface area contributed by atoms with Crippen molar-refractivity contribution in [2.45, 2.75) is 32.4 Å². The normalized spacial score (nSPS) is 30.0. The van der Waals surface area contributed by atoms with E-state index in [0.29, 0.717) is 12.3 Å². The summed E-state index contributed by atoms with van der Waals surface area (Å²) in [4.78, 5) is 10.8. The predicted molar refractivity (Wildman–Crippen MR) is 46.6 cm³/mol. The molecule has 4 heteroatoms. The van der Waals surface area contributed by atoms with Gasteiger partial charge in [0.1, 0.15) is 0 Å². The predicted octanol–water partition coefficient (Wildman–Crippen LogP) is 0.280. The van der Waals surface area contributed by atoms with Gasteiger partial charge in [0.25, 0.3) is 0 Å². The third-order valence-corrected chi connectivity index (χ3v) is 1.93. The highest BCUT2D eigenvalue weighted by Gasteiger charge is 2.30. The zero-order valence-corrected chi connectivity index (χ0v) is 7.65. The second-order valence-corrected chi connectivity index (χ2v) is 3.21. The maximum absolute atomic E-state index is 10.8. The molecule has 11 heavy (non-hydrogen) atoms. The van der Waals surface area contributed by atoms with Crippen LogP contribution >= 0.6 is 12.4 Å². The number of rotatable bonds is 1. The average Bonchev–Trinajstić information content (AvgIpc) is 2.10. The molecule has 1 saturated heterocycles. The molecule has 0 saturated carbocycles. The van der Waals surface area contributed by atoms with Crippen LogP contribution in [0, 0.1) is 5.92 Å². The Morgan fingerprint density at radius 2 is 2.18 bits per heavy atom. The van der Waals surface area contributed by atoms with Gasteiger partial charge in [-0.15, -0.1) is 12.4 Å². The molecule has 66 valence electrons. The number of hydrogen-bond acceptors (Lipinski definition) is 2. The van der Waals surface area contributed by atoms with E-state index in [1.165, 1.54) is 0 Å². The smallest absolute Gasteiger partial charge is 0.221 e. The van der Waals surface area contributed by atoms with Gasteiger partial charge in [-0.05, 0) is 5.92 Å². The molecule has 1 aliphatic heterocycles. The molecule has 3 nitrogen and oxygen atoms in total. The molecular formula is C7H15ClN2O. The fraction of sp³-hybridized carbons (Fsp3) is 0.857. The van der Waals surface area contributed by atoms with Crippen LogP contribution in [0.1, 0.15) is 20.3 Å². The van der Waals surface area contributed by atoms with Crippen LogP contribution in [0.15, 0.2) is 0 Å². The standard InChI is InChI=1S/C7H14N2O.ClH/c1-4(2)7-5(8)3-6(10)9-7;/h4-5,7H,3,8H2,1-2H3,(H,9,10);1H/t5-,7+;/m1./s1. The summed E-state index contributed by atoms with van der Waals surface area (Å²) < 4.78 is 0. The van der Waals surface area contributed by atoms with Gasteiger partial charge < -0.3 is 11.1 Å². The average molecular weight is 179 g/mol. The van der Waals surface area contributed by atoms with E-state index >= 15 is 0 Å². The highest BCUT2D eigenvalue weighted by atomic mass is 35.5. The van der Waals surface area contributed by atoms with Crippen molar-refractivity contribution in [1.29, 1.82) is 0 Å². The molecule has 1 heterocycles. The summed E-state index contributed by atoms with van der Waals surface area (Å²) in [6.45, 7) is 4.13. The lowest BCUT2D eigenvalue weighted by Gasteiger charge is -2.18. The van der Waals surface area contributed by atoms with E-state index in [-0.39, 0.29) is 30.4 Å². The van der Waals surface area contributed by atoms with E-state index in [4.69, 9.17) is 5.73 Å². The molecule has 0 radical (unpaired) electrons. The first kappa shape index (κ1) is 10.7. The molecule has 2 atom stereocenters. The molecule has 0 aromatic rings. The minimum absolute atomic E-state index is 0. The van der Waals surface area contributed by atoms with Gasteiger partial charge in [-0.1, -0.05) is 13.8 Å². The first-order chi connectivity index (χ1) is 4.61. The fourth-order valence-corrected chi connectivity index (χ4v) is 1.35. The molecule has 0 aromatic heterocycles. The molecule has 1 aliphatic rings. The Balaban J connectivity index is 0.000001000. The molecular weight excluding hydrogens is 164 g/mol. The number of nitrogens with one attached hydrogen (secondary N) is 1. The van der Waals surface area contributed by atoms with E-state index in [9.17, 15) is 4.79 Å². The quantitative estimate of drug-likeness (QED) is 0.606. The Kier molecular flexibility index (Phi) is 3.83. The van der Waals surface area contributed by atoms with Gasteiger partial charge in [0.15, 0.2) is 0 Å². The van der Waals surface area contributed by atoms with Crippen molar-refractivity contribution >= 4 is 18.3 Å². The van der Waals surface area contributed by atoms with Crippen LogP contribution in [0.2, 0.25) is 0 Å². The number of nitrogens with two attached hydrogens (primary N) is 1. The van der Waals surface area contributed by atoms with Crippen molar-refractivity contribution in [3.05, 3.63) is 0 Å². The highest BCUT2D eigenvalue weighted by molar-refractivity contribution is 5.85. The van der Waals surface area contributed by atoms with Crippen LogP contribution in [0.3, 0.4) is 0 Å². The van der Waals surface area contributed by atoms with Crippen molar-refractivity contribution in [2.24, 2.45) is 11.7 Å². The van der Waals surface area contributed by atoms with Gasteiger partial charge in [-0.25, -0.2) is 0 Å². The van der Waals surface area contributed by atoms with Crippen LogP contribution in [0.4, 0.5) is 0 Å². The summed E-state index contributed by atoms with van der Waals surface area (Å²) in [6.07, 6.45) is 0.489. The molecule has 0 unspecified atom stereocenters. The van der Waals surface area contributed by atoms with Gasteiger partial charge >= 0.3 is 0 Å². The molecule has 3 N–H and O–H groups in total. The Morgan fingerprint density at radius 3 is 2.36 bits per heavy atom. The molecule has 1 fully saturated rings. The lowest BCUT2D eigenvalue weighted by Crippen LogP contribution is -2.40. The summed E-state index contributed by atoms with van der Waals surface area (Å²) in [5.74, 6) is 0.535. The number of halogens is 1. The minimum atomic E-state index is 0. The number of amides is 1. The van der Waals surface area contributed by atoms with E-state index < -0.39 is 0 Å². The Labute approximate surface area is 73.1 Å². The topological polar surface area (TPSA) is 55.1 Å². The molecule has 0 spiro atoms. The lowest BCUT2D eigenvalue weighted by molar-refractivity contribution is -0.119. The molecule has 0 aliphatic carbocycles. The van der Waals surface area contributed by atoms with Crippen molar-refractivity contribution in [3.8, 4) is 0 Å². The summed E-state index contributed by atoms with van der Waals surface area (Å²) in [5.41, 5.74) is 5.69. The zero-order chi connectivity index (χ0) is 7.72. The first-order valence-corrected chi connectivity index (χ1v) is 3.66. The monoisotopic (exact) mass is 178 g/mol. The van der Waals surface area contributed by atoms with Crippen LogP contribution in [0.5, 0.6) is 0 Å². The second-order valence-electron chi connectivity index (χ2n) is 3.21. The van der Waals surface area contributed by atoms with Gasteiger partial charge in [-0.3, -0.25) is 4.79 Å². The third-order valence-electron chi connectivity index (χ3n) is 1.93. The maximum Gasteiger partial charge on any atom is 0.221 e. The first-order valence-electron chi connectivity index (χ1n) is 3.66. The van der Waals surface area contributed by atoms with Gasteiger partial charge in [0, 0.05) is 18.5 Å². The van der Waals surface area contributed by atoms with Crippen molar-refractivity contribution in [1.82, 2.24) is 5.32 Å². The summed E-state index contributed by atoms with van der Waals surface area (Å²) in [6, 6.07) is 0.208. The highest BCUT2D eigenvalue weighted by Crippen LogP contribution is 2.13. The summed E-state index contributed by atoms with van der Waals surface area (Å²) in [5, 5.41) is 2.84. The molecule has 0 bridgehead atoms. The molecule has 1 amide bonds. The largest absolute Gasteiger partial charge is 0.351 e. The van der Waals surface area contributed by atoms with Gasteiger partial charge in [0.2, 0.25) is 5.91 Å². The van der Waals surface area contributed by atoms with Crippen LogP contribution < -0.4 is 11.1 Å². The third kappa shape index (κ3) is 2.34. The molecule has 0 aromatic carbocycles. The van der Waals surface area contributed by atoms with Crippen molar-refractivity contribution in [3.63, 3.8) is 0 Å². The Bertz CT molecular complexity index is 149. The summed E-state index contributed by atoms with van der Waals surface area (Å²) >= 11 is 0. The summed E-state index contributed by atoms with van der Waals surface area (Å²) in [7, 11) is 0. The second kappa shape index (κ2) is 3.93. The lowest BCUT2D eigenvalue weighted by atomic mass is 9.99. The van der Waals surface area contributed by atoms with E-state index in [2.05, 4.69) is 19.2 Å². The molecule has 1 rings (SSSR count).